The lowest BCUT2D eigenvalue weighted by Crippen LogP contribution is -2.11. The normalized spacial score (nSPS) is 11.1. The Hall–Kier alpha value is -4.03. The molecule has 3 aromatic carbocycles. The maximum absolute atomic E-state index is 12.7. The van der Waals surface area contributed by atoms with Crippen molar-refractivity contribution in [3.63, 3.8) is 0 Å². The van der Waals surface area contributed by atoms with Crippen LogP contribution in [-0.2, 0) is 0 Å². The zero-order valence-corrected chi connectivity index (χ0v) is 17.6. The quantitative estimate of drug-likeness (QED) is 0.360. The van der Waals surface area contributed by atoms with Crippen LogP contribution in [0.15, 0.2) is 86.4 Å². The molecule has 0 unspecified atom stereocenters. The summed E-state index contributed by atoms with van der Waals surface area (Å²) in [6, 6.07) is 20.3. The van der Waals surface area contributed by atoms with Crippen LogP contribution in [-0.4, -0.2) is 13.0 Å². The molecule has 0 radical (unpaired) electrons. The Morgan fingerprint density at radius 1 is 0.906 bits per heavy atom. The molecule has 158 valence electrons. The second-order valence-electron chi connectivity index (χ2n) is 7.16. The third-order valence-electron chi connectivity index (χ3n) is 5.06. The number of carbonyl (C=O) groups excluding carboxylic acids is 1. The number of hydrogen-bond acceptors (Lipinski definition) is 5. The molecule has 1 amide bonds. The molecule has 0 aliphatic heterocycles. The molecule has 0 saturated heterocycles. The minimum absolute atomic E-state index is 0.149. The number of amides is 1. The molecular weight excluding hydrogens is 430 g/mol. The topological polar surface area (TPSA) is 81.7 Å². The lowest BCUT2D eigenvalue weighted by molar-refractivity contribution is 0.0998. The van der Waals surface area contributed by atoms with Crippen LogP contribution in [0.25, 0.3) is 33.3 Å². The Kier molecular flexibility index (Phi) is 4.92. The van der Waals surface area contributed by atoms with E-state index in [2.05, 4.69) is 5.32 Å². The van der Waals surface area contributed by atoms with Gasteiger partial charge in [-0.05, 0) is 60.7 Å². The summed E-state index contributed by atoms with van der Waals surface area (Å²) < 4.78 is 16.7. The number of nitrogens with one attached hydrogen (secondary N) is 1. The molecule has 0 aliphatic rings. The van der Waals surface area contributed by atoms with Crippen LogP contribution in [0.5, 0.6) is 5.75 Å². The Balaban J connectivity index is 1.47. The highest BCUT2D eigenvalue weighted by atomic mass is 35.5. The highest BCUT2D eigenvalue weighted by molar-refractivity contribution is 6.31. The van der Waals surface area contributed by atoms with Crippen LogP contribution in [0.4, 0.5) is 5.69 Å². The van der Waals surface area contributed by atoms with E-state index < -0.39 is 5.91 Å². The molecule has 2 aromatic heterocycles. The number of methoxy groups -OCH3 is 1. The van der Waals surface area contributed by atoms with Crippen molar-refractivity contribution in [3.8, 4) is 17.1 Å². The summed E-state index contributed by atoms with van der Waals surface area (Å²) in [7, 11) is 1.58. The summed E-state index contributed by atoms with van der Waals surface area (Å²) in [5, 5.41) is 4.48. The fourth-order valence-corrected chi connectivity index (χ4v) is 3.63. The van der Waals surface area contributed by atoms with Crippen molar-refractivity contribution in [3.05, 3.63) is 93.8 Å². The van der Waals surface area contributed by atoms with E-state index in [9.17, 15) is 9.59 Å². The van der Waals surface area contributed by atoms with Crippen LogP contribution >= 0.6 is 11.6 Å². The van der Waals surface area contributed by atoms with E-state index in [1.807, 2.05) is 12.1 Å². The summed E-state index contributed by atoms with van der Waals surface area (Å²) in [5.74, 6) is 0.846. The molecule has 0 atom stereocenters. The third-order valence-corrected chi connectivity index (χ3v) is 5.30. The second kappa shape index (κ2) is 7.90. The number of benzene rings is 3. The van der Waals surface area contributed by atoms with Crippen molar-refractivity contribution in [2.24, 2.45) is 0 Å². The Morgan fingerprint density at radius 3 is 2.50 bits per heavy atom. The Labute approximate surface area is 187 Å². The predicted octanol–water partition coefficient (Wildman–Crippen LogP) is 6.12. The number of rotatable bonds is 4. The van der Waals surface area contributed by atoms with Crippen LogP contribution in [0.1, 0.15) is 10.6 Å². The molecule has 0 bridgehead atoms. The number of carbonyl (C=O) groups is 1. The van der Waals surface area contributed by atoms with Gasteiger partial charge >= 0.3 is 0 Å². The zero-order valence-electron chi connectivity index (χ0n) is 16.8. The molecule has 0 spiro atoms. The number of fused-ring (bicyclic) bond motifs is 2. The maximum Gasteiger partial charge on any atom is 0.291 e. The summed E-state index contributed by atoms with van der Waals surface area (Å²) in [6.07, 6.45) is 0. The van der Waals surface area contributed by atoms with Crippen LogP contribution < -0.4 is 15.5 Å². The molecule has 1 N–H and O–H groups in total. The monoisotopic (exact) mass is 445 g/mol. The van der Waals surface area contributed by atoms with Gasteiger partial charge < -0.3 is 18.9 Å². The van der Waals surface area contributed by atoms with Crippen molar-refractivity contribution in [1.29, 1.82) is 0 Å². The van der Waals surface area contributed by atoms with Gasteiger partial charge in [-0.3, -0.25) is 9.59 Å². The van der Waals surface area contributed by atoms with Gasteiger partial charge in [-0.2, -0.15) is 0 Å². The van der Waals surface area contributed by atoms with Gasteiger partial charge in [0.2, 0.25) is 0 Å². The van der Waals surface area contributed by atoms with Crippen LogP contribution in [0.2, 0.25) is 5.02 Å². The molecule has 0 saturated carbocycles. The van der Waals surface area contributed by atoms with Gasteiger partial charge in [0.05, 0.1) is 12.5 Å². The van der Waals surface area contributed by atoms with E-state index in [0.29, 0.717) is 38.8 Å². The molecule has 7 heteroatoms. The van der Waals surface area contributed by atoms with Crippen LogP contribution in [0, 0.1) is 0 Å². The minimum atomic E-state index is -0.426. The molecule has 0 aliphatic carbocycles. The van der Waals surface area contributed by atoms with E-state index in [0.717, 1.165) is 10.9 Å². The molecule has 2 heterocycles. The molecule has 0 fully saturated rings. The average molecular weight is 446 g/mol. The first-order chi connectivity index (χ1) is 15.5. The summed E-state index contributed by atoms with van der Waals surface area (Å²) >= 11 is 5.99. The van der Waals surface area contributed by atoms with E-state index in [1.165, 1.54) is 6.07 Å². The van der Waals surface area contributed by atoms with Gasteiger partial charge in [0.25, 0.3) is 5.91 Å². The lowest BCUT2D eigenvalue weighted by Gasteiger charge is -2.07. The molecular formula is C25H16ClNO5. The Bertz CT molecular complexity index is 1530. The SMILES string of the molecule is COc1ccc(-c2cc(=O)c3ccc(NC(=O)c4cc5cc(Cl)ccc5o4)cc3o2)cc1. The van der Waals surface area contributed by atoms with Crippen molar-refractivity contribution < 1.29 is 18.4 Å². The zero-order chi connectivity index (χ0) is 22.2. The summed E-state index contributed by atoms with van der Waals surface area (Å²) in [4.78, 5) is 25.3. The van der Waals surface area contributed by atoms with Gasteiger partial charge in [-0.1, -0.05) is 11.6 Å². The number of hydrogen-bond donors (Lipinski definition) is 1. The van der Waals surface area contributed by atoms with Gasteiger partial charge in [-0.15, -0.1) is 0 Å². The minimum Gasteiger partial charge on any atom is -0.497 e. The fraction of sp³-hybridized carbons (Fsp3) is 0.0400. The predicted molar refractivity (Wildman–Crippen MR) is 124 cm³/mol. The van der Waals surface area contributed by atoms with Gasteiger partial charge in [0.15, 0.2) is 11.2 Å². The number of ether oxygens (including phenoxy) is 1. The molecule has 5 aromatic rings. The van der Waals surface area contributed by atoms with Gasteiger partial charge in [-0.25, -0.2) is 0 Å². The smallest absolute Gasteiger partial charge is 0.291 e. The second-order valence-corrected chi connectivity index (χ2v) is 7.60. The molecule has 32 heavy (non-hydrogen) atoms. The average Bonchev–Trinajstić information content (AvgIpc) is 3.22. The van der Waals surface area contributed by atoms with Crippen molar-refractivity contribution in [1.82, 2.24) is 0 Å². The Morgan fingerprint density at radius 2 is 1.72 bits per heavy atom. The third kappa shape index (κ3) is 3.72. The lowest BCUT2D eigenvalue weighted by atomic mass is 10.1. The maximum atomic E-state index is 12.7. The number of furan rings is 1. The standard InChI is InChI=1S/C25H16ClNO5/c1-30-18-6-2-14(3-7-18)22-13-20(28)19-8-5-17(12-23(19)32-22)27-25(29)24-11-15-10-16(26)4-9-21(15)31-24/h2-13H,1H3,(H,27,29). The van der Waals surface area contributed by atoms with E-state index >= 15 is 0 Å². The first kappa shape index (κ1) is 19.9. The van der Waals surface area contributed by atoms with Crippen molar-refractivity contribution >= 4 is 45.1 Å². The van der Waals surface area contributed by atoms with E-state index in [-0.39, 0.29) is 11.2 Å². The fourth-order valence-electron chi connectivity index (χ4n) is 3.45. The van der Waals surface area contributed by atoms with Crippen molar-refractivity contribution in [2.45, 2.75) is 0 Å². The first-order valence-corrected chi connectivity index (χ1v) is 10.1. The van der Waals surface area contributed by atoms with Gasteiger partial charge in [0, 0.05) is 33.8 Å². The summed E-state index contributed by atoms with van der Waals surface area (Å²) in [6.45, 7) is 0. The molecule has 6 nitrogen and oxygen atoms in total. The summed E-state index contributed by atoms with van der Waals surface area (Å²) in [5.41, 5.74) is 1.95. The molecule has 5 rings (SSSR count). The van der Waals surface area contributed by atoms with E-state index in [1.54, 1.807) is 61.7 Å². The first-order valence-electron chi connectivity index (χ1n) is 9.73. The van der Waals surface area contributed by atoms with Crippen LogP contribution in [0.3, 0.4) is 0 Å². The number of halogens is 1. The number of anilines is 1. The van der Waals surface area contributed by atoms with E-state index in [4.69, 9.17) is 25.2 Å². The van der Waals surface area contributed by atoms with Gasteiger partial charge in [0.1, 0.15) is 22.7 Å². The largest absolute Gasteiger partial charge is 0.497 e. The highest BCUT2D eigenvalue weighted by Crippen LogP contribution is 2.27. The van der Waals surface area contributed by atoms with Crippen molar-refractivity contribution in [2.75, 3.05) is 12.4 Å². The highest BCUT2D eigenvalue weighted by Gasteiger charge is 2.14.